The molecule has 1 aliphatic heterocycles. The molecule has 2 aromatic carbocycles. The van der Waals surface area contributed by atoms with Gasteiger partial charge in [0, 0.05) is 37.3 Å². The molecule has 5 heteroatoms. The molecule has 3 rings (SSSR count). The van der Waals surface area contributed by atoms with Crippen LogP contribution in [-0.4, -0.2) is 29.8 Å². The van der Waals surface area contributed by atoms with Gasteiger partial charge in [0.1, 0.15) is 5.82 Å². The van der Waals surface area contributed by atoms with Crippen molar-refractivity contribution in [2.45, 2.75) is 58.9 Å². The van der Waals surface area contributed by atoms with Gasteiger partial charge in [-0.3, -0.25) is 9.59 Å². The predicted molar refractivity (Wildman–Crippen MR) is 122 cm³/mol. The molecule has 2 amide bonds. The Morgan fingerprint density at radius 2 is 1.55 bits per heavy atom. The van der Waals surface area contributed by atoms with Crippen LogP contribution in [0.5, 0.6) is 0 Å². The highest BCUT2D eigenvalue weighted by Gasteiger charge is 2.23. The second-order valence-corrected chi connectivity index (χ2v) is 8.77. The second kappa shape index (κ2) is 11.1. The van der Waals surface area contributed by atoms with E-state index in [2.05, 4.69) is 13.8 Å². The van der Waals surface area contributed by atoms with Crippen LogP contribution in [0, 0.1) is 11.7 Å². The zero-order valence-electron chi connectivity index (χ0n) is 18.6. The van der Waals surface area contributed by atoms with E-state index in [0.29, 0.717) is 31.6 Å². The van der Waals surface area contributed by atoms with Gasteiger partial charge in [-0.25, -0.2) is 4.39 Å². The van der Waals surface area contributed by atoms with Crippen LogP contribution in [0.3, 0.4) is 0 Å². The molecular weight excluding hydrogens is 391 g/mol. The zero-order valence-corrected chi connectivity index (χ0v) is 18.6. The number of para-hydroxylation sites is 1. The van der Waals surface area contributed by atoms with Gasteiger partial charge in [0.05, 0.1) is 0 Å². The van der Waals surface area contributed by atoms with E-state index in [0.717, 1.165) is 43.4 Å². The second-order valence-electron chi connectivity index (χ2n) is 8.77. The summed E-state index contributed by atoms with van der Waals surface area (Å²) in [5, 5.41) is 0. The maximum atomic E-state index is 13.3. The first-order chi connectivity index (χ1) is 15.0. The molecule has 0 spiro atoms. The van der Waals surface area contributed by atoms with Crippen LogP contribution in [0.4, 0.5) is 10.1 Å². The highest BCUT2D eigenvalue weighted by atomic mass is 19.1. The Bertz CT molecular complexity index is 879. The molecule has 0 bridgehead atoms. The van der Waals surface area contributed by atoms with Gasteiger partial charge in [-0.05, 0) is 54.7 Å². The molecular formula is C26H33FN2O2. The molecule has 4 nitrogen and oxygen atoms in total. The van der Waals surface area contributed by atoms with E-state index in [1.807, 2.05) is 34.1 Å². The fraction of sp³-hybridized carbons (Fsp3) is 0.462. The van der Waals surface area contributed by atoms with Gasteiger partial charge in [-0.1, -0.05) is 51.3 Å². The number of rotatable bonds is 3. The summed E-state index contributed by atoms with van der Waals surface area (Å²) in [6.45, 7) is 5.89. The lowest BCUT2D eigenvalue weighted by Crippen LogP contribution is -2.36. The normalized spacial score (nSPS) is 15.7. The Hall–Kier alpha value is -2.69. The summed E-state index contributed by atoms with van der Waals surface area (Å²) < 4.78 is 13.3. The van der Waals surface area contributed by atoms with Gasteiger partial charge in [0.25, 0.3) is 5.91 Å². The van der Waals surface area contributed by atoms with Crippen LogP contribution in [0.15, 0.2) is 48.5 Å². The maximum absolute atomic E-state index is 13.3. The van der Waals surface area contributed by atoms with Crippen molar-refractivity contribution in [1.82, 2.24) is 4.90 Å². The van der Waals surface area contributed by atoms with E-state index in [1.165, 1.54) is 24.3 Å². The molecule has 0 radical (unpaired) electrons. The summed E-state index contributed by atoms with van der Waals surface area (Å²) in [6, 6.07) is 13.6. The lowest BCUT2D eigenvalue weighted by atomic mass is 10.0. The van der Waals surface area contributed by atoms with Crippen molar-refractivity contribution in [3.05, 3.63) is 65.5 Å². The smallest absolute Gasteiger partial charge is 0.254 e. The predicted octanol–water partition coefficient (Wildman–Crippen LogP) is 5.81. The topological polar surface area (TPSA) is 40.6 Å². The molecule has 0 saturated heterocycles. The summed E-state index contributed by atoms with van der Waals surface area (Å²) in [6.07, 6.45) is 5.63. The van der Waals surface area contributed by atoms with Crippen molar-refractivity contribution >= 4 is 17.5 Å². The minimum Gasteiger partial charge on any atom is -0.334 e. The molecule has 2 aromatic rings. The molecule has 0 N–H and O–H groups in total. The summed E-state index contributed by atoms with van der Waals surface area (Å²) in [5.41, 5.74) is 2.35. The van der Waals surface area contributed by atoms with Crippen LogP contribution >= 0.6 is 0 Å². The molecule has 31 heavy (non-hydrogen) atoms. The first kappa shape index (κ1) is 23.0. The van der Waals surface area contributed by atoms with Gasteiger partial charge in [0.15, 0.2) is 0 Å². The first-order valence-corrected chi connectivity index (χ1v) is 11.4. The van der Waals surface area contributed by atoms with E-state index < -0.39 is 0 Å². The van der Waals surface area contributed by atoms with Gasteiger partial charge >= 0.3 is 0 Å². The van der Waals surface area contributed by atoms with Crippen LogP contribution in [0.2, 0.25) is 0 Å². The van der Waals surface area contributed by atoms with E-state index >= 15 is 0 Å². The summed E-state index contributed by atoms with van der Waals surface area (Å²) in [5.74, 6) is -0.0321. The number of hydrogen-bond acceptors (Lipinski definition) is 2. The fourth-order valence-electron chi connectivity index (χ4n) is 4.08. The van der Waals surface area contributed by atoms with Crippen molar-refractivity contribution in [3.8, 4) is 0 Å². The molecule has 0 atom stereocenters. The summed E-state index contributed by atoms with van der Waals surface area (Å²) in [7, 11) is 0. The van der Waals surface area contributed by atoms with Crippen LogP contribution < -0.4 is 4.90 Å². The largest absolute Gasteiger partial charge is 0.334 e. The molecule has 0 unspecified atom stereocenters. The standard InChI is InChI=1S/C26H33FN2O2/c1-20(2)18-25(30)29-17-9-5-3-4-8-16-28(19-22-10-6-7-11-24(22)29)26(31)21-12-14-23(27)15-13-21/h6-7,10-15,20H,3-5,8-9,16-19H2,1-2H3. The highest BCUT2D eigenvalue weighted by molar-refractivity contribution is 5.95. The minimum absolute atomic E-state index is 0.105. The number of benzene rings is 2. The Morgan fingerprint density at radius 1 is 0.903 bits per heavy atom. The van der Waals surface area contributed by atoms with Crippen LogP contribution in [-0.2, 0) is 11.3 Å². The molecule has 0 aliphatic carbocycles. The Balaban J connectivity index is 1.93. The van der Waals surface area contributed by atoms with Crippen molar-refractivity contribution in [2.75, 3.05) is 18.0 Å². The lowest BCUT2D eigenvalue weighted by molar-refractivity contribution is -0.119. The quantitative estimate of drug-likeness (QED) is 0.624. The number of fused-ring (bicyclic) bond motifs is 1. The molecule has 0 saturated carbocycles. The van der Waals surface area contributed by atoms with Crippen LogP contribution in [0.25, 0.3) is 0 Å². The maximum Gasteiger partial charge on any atom is 0.254 e. The average Bonchev–Trinajstić information content (AvgIpc) is 2.73. The molecule has 1 aliphatic rings. The average molecular weight is 425 g/mol. The SMILES string of the molecule is CC(C)CC(=O)N1CCCCCCCN(C(=O)c2ccc(F)cc2)Cc2ccccc21. The minimum atomic E-state index is -0.352. The number of anilines is 1. The molecule has 1 heterocycles. The fourth-order valence-corrected chi connectivity index (χ4v) is 4.08. The Labute approximate surface area is 185 Å². The number of hydrogen-bond donors (Lipinski definition) is 0. The van der Waals surface area contributed by atoms with E-state index in [9.17, 15) is 14.0 Å². The van der Waals surface area contributed by atoms with Gasteiger partial charge < -0.3 is 9.80 Å². The molecule has 0 aromatic heterocycles. The first-order valence-electron chi connectivity index (χ1n) is 11.4. The number of amides is 2. The molecule has 0 fully saturated rings. The monoisotopic (exact) mass is 424 g/mol. The third-order valence-electron chi connectivity index (χ3n) is 5.72. The number of nitrogens with zero attached hydrogens (tertiary/aromatic N) is 2. The van der Waals surface area contributed by atoms with Crippen molar-refractivity contribution in [3.63, 3.8) is 0 Å². The third-order valence-corrected chi connectivity index (χ3v) is 5.72. The lowest BCUT2D eigenvalue weighted by Gasteiger charge is -2.30. The zero-order chi connectivity index (χ0) is 22.2. The van der Waals surface area contributed by atoms with Gasteiger partial charge in [0.2, 0.25) is 5.91 Å². The third kappa shape index (κ3) is 6.39. The number of halogens is 1. The number of carbonyl (C=O) groups excluding carboxylic acids is 2. The van der Waals surface area contributed by atoms with E-state index in [1.54, 1.807) is 0 Å². The summed E-state index contributed by atoms with van der Waals surface area (Å²) in [4.78, 5) is 30.0. The van der Waals surface area contributed by atoms with E-state index in [4.69, 9.17) is 0 Å². The van der Waals surface area contributed by atoms with Gasteiger partial charge in [-0.15, -0.1) is 0 Å². The van der Waals surface area contributed by atoms with E-state index in [-0.39, 0.29) is 23.5 Å². The number of carbonyl (C=O) groups is 2. The van der Waals surface area contributed by atoms with Gasteiger partial charge in [-0.2, -0.15) is 0 Å². The van der Waals surface area contributed by atoms with Crippen molar-refractivity contribution in [1.29, 1.82) is 0 Å². The Kier molecular flexibility index (Phi) is 8.21. The Morgan fingerprint density at radius 3 is 2.26 bits per heavy atom. The summed E-state index contributed by atoms with van der Waals surface area (Å²) >= 11 is 0. The van der Waals surface area contributed by atoms with Crippen LogP contribution in [0.1, 0.15) is 68.3 Å². The molecule has 166 valence electrons. The van der Waals surface area contributed by atoms with Crippen molar-refractivity contribution < 1.29 is 14.0 Å². The van der Waals surface area contributed by atoms with Crippen molar-refractivity contribution in [2.24, 2.45) is 5.92 Å². The highest BCUT2D eigenvalue weighted by Crippen LogP contribution is 2.26.